The third-order valence-corrected chi connectivity index (χ3v) is 20.6. The van der Waals surface area contributed by atoms with Crippen LogP contribution in [0, 0.1) is 199 Å². The molecule has 0 aliphatic carbocycles. The number of aliphatic hydroxyl groups excluding tert-OH is 1. The van der Waals surface area contributed by atoms with E-state index in [1.165, 1.54) is 48.5 Å². The summed E-state index contributed by atoms with van der Waals surface area (Å²) in [4.78, 5) is 260. The molecule has 41 nitrogen and oxygen atoms in total. The van der Waals surface area contributed by atoms with Crippen LogP contribution in [-0.4, -0.2) is 259 Å². The number of amides is 17. The van der Waals surface area contributed by atoms with Gasteiger partial charge in [-0.25, -0.2) is 0 Å². The predicted octanol–water partition coefficient (Wildman–Crippen LogP) is -5.36. The Bertz CT molecular complexity index is 4200. The smallest absolute Gasteiger partial charge is 0.305 e. The van der Waals surface area contributed by atoms with Crippen LogP contribution >= 0.6 is 21.6 Å². The van der Waals surface area contributed by atoms with Crippen molar-refractivity contribution >= 4 is 134 Å². The molecule has 0 radical (unpaired) electrons. The fraction of sp³-hybridized carbons (Fsp3) is 0.468. The molecule has 3 aromatic rings. The first kappa shape index (κ1) is 115. The van der Waals surface area contributed by atoms with Crippen LogP contribution in [0.2, 0.25) is 0 Å². The molecule has 2 aliphatic heterocycles. The molecule has 2 saturated heterocycles. The zero-order valence-corrected chi connectivity index (χ0v) is 78.6. The van der Waals surface area contributed by atoms with Crippen molar-refractivity contribution in [2.24, 2.45) is 11.8 Å². The zero-order valence-electron chi connectivity index (χ0n) is 67.9. The predicted molar refractivity (Wildman–Crippen MR) is 430 cm³/mol. The van der Waals surface area contributed by atoms with Gasteiger partial charge >= 0.3 is 11.9 Å². The molecule has 124 heavy (non-hydrogen) atoms. The van der Waals surface area contributed by atoms with Crippen molar-refractivity contribution in [1.82, 2.24) is 90.0 Å². The van der Waals surface area contributed by atoms with E-state index in [0.29, 0.717) is 38.3 Å². The fourth-order valence-corrected chi connectivity index (χ4v) is 14.5. The molecule has 5 rings (SSSR count). The standard InChI is InChI=1S/C77H103N17O24S2.4Gd/c1-38(2)25-51(69(110)88-54(29-63(103)104)67(108)80-31-47-12-14-48(15-13-47)32-81-68(109)57(83-43(8)98)33-78-41(6)96)85-74(115)60-37-120-119-36-59(91-75(116)61-11-10-24-94(61)77(118)56(26-39(3)4)90-72(113)58(84-44(9)99)34-79-42(7)97)73(114)89-55(30-64(105)106)71(112)87-53(28-46-18-22-50(101)23-19-46)70(111)86-52(27-45-16-20-49(100)21-17-45)66(107)82-35-62(102)93-65(40(5)95)76(117)92-60;;;;/h12-23,38-40,51-61,65,95,100-101H,6-11,24-37H2,1-5H3,(H,78,96)(H,79,97)(H,80,108)(H,81,109)(H,82,107)(H,83,98)(H,84,99)(H,85,115)(H,86,111)(H,87,112)(H,88,110)(H,89,114)(H,90,113)(H,91,116)(H,92,117)(H,93,102)(H,103,104)(H,105,106);;;;/q-4;;;;/t40?,51-,52-,53-,54-,55-,56?,57?,58?,59-,60-,61-,65-;;;;/m0..../s1. The summed E-state index contributed by atoms with van der Waals surface area (Å²) in [5.41, 5.74) is 1.55. The average molecular weight is 2340 g/mol. The molecule has 2 heterocycles. The number of carbonyl (C=O) groups is 19. The SMILES string of the molecule is [CH2-]C(=O)NCC(NC([CH2-])=O)C(=O)NCc1ccc(CNC(=O)[C@H](CC(=O)O)NC(=O)[C@H](CC(C)C)NC(=O)[C@@H]2CSSC[C@H](NC(=O)[C@@H]3CCCN3C(=O)C(CC(C)C)NC(=O)C(CNC([CH2-])=O)NC([CH2-])=O)C(=O)N[C@@H](CC(=O)O)C(=O)N[C@@H](Cc3ccc(O)cc3)C(=O)N[C@@H](Cc3ccc(O)cc3)C(=O)NCC(=O)N[C@@H](C(C)O)C(=O)N2)cc1.[Gd].[Gd].[Gd].[Gd]. The van der Waals surface area contributed by atoms with E-state index in [2.05, 4.69) is 113 Å². The molecular formula is C77H103Gd4N17O24S2-4. The molecule has 2 fully saturated rings. The van der Waals surface area contributed by atoms with Crippen molar-refractivity contribution in [2.45, 2.75) is 178 Å². The largest absolute Gasteiger partial charge is 0.508 e. The molecule has 0 aromatic heterocycles. The molecule has 17 amide bonds. The fourth-order valence-electron chi connectivity index (χ4n) is 12.1. The molecule has 0 spiro atoms. The number of aliphatic carboxylic acids is 2. The zero-order chi connectivity index (χ0) is 89.2. The number of carboxylic acid groups (broad SMARTS) is 2. The number of benzene rings is 3. The van der Waals surface area contributed by atoms with Crippen molar-refractivity contribution in [1.29, 1.82) is 0 Å². The summed E-state index contributed by atoms with van der Waals surface area (Å²) >= 11 is 0. The summed E-state index contributed by atoms with van der Waals surface area (Å²) < 4.78 is 0. The molecule has 0 bridgehead atoms. The maximum Gasteiger partial charge on any atom is 0.305 e. The Morgan fingerprint density at radius 2 is 0.919 bits per heavy atom. The number of nitrogens with zero attached hydrogens (tertiary/aromatic N) is 1. The number of nitrogens with one attached hydrogen (secondary N) is 16. The number of aromatic hydroxyl groups is 2. The van der Waals surface area contributed by atoms with Gasteiger partial charge in [0.05, 0.1) is 49.1 Å². The van der Waals surface area contributed by atoms with E-state index in [-0.39, 0.29) is 235 Å². The number of rotatable bonds is 34. The number of carboxylic acids is 2. The maximum absolute atomic E-state index is 15.1. The summed E-state index contributed by atoms with van der Waals surface area (Å²) in [6.45, 7) is 18.4. The Kier molecular flexibility index (Phi) is 53.8. The number of hydrogen-bond donors (Lipinski definition) is 21. The minimum absolute atomic E-state index is 0. The van der Waals surface area contributed by atoms with Gasteiger partial charge in [0.15, 0.2) is 0 Å². The van der Waals surface area contributed by atoms with Gasteiger partial charge in [-0.2, -0.15) is 0 Å². The Morgan fingerprint density at radius 1 is 0.476 bits per heavy atom. The minimum Gasteiger partial charge on any atom is -0.508 e. The van der Waals surface area contributed by atoms with Crippen LogP contribution in [0.3, 0.4) is 0 Å². The Labute approximate surface area is 851 Å². The van der Waals surface area contributed by atoms with Crippen molar-refractivity contribution < 1.29 is 276 Å². The molecule has 47 heteroatoms. The van der Waals surface area contributed by atoms with Gasteiger partial charge in [0.1, 0.15) is 84.0 Å². The summed E-state index contributed by atoms with van der Waals surface area (Å²) in [7, 11) is 1.39. The first-order valence-electron chi connectivity index (χ1n) is 37.9. The molecule has 4 unspecified atom stereocenters. The van der Waals surface area contributed by atoms with Crippen LogP contribution < -0.4 is 85.1 Å². The van der Waals surface area contributed by atoms with Crippen LogP contribution in [0.4, 0.5) is 0 Å². The normalized spacial score (nSPS) is 19.2. The van der Waals surface area contributed by atoms with E-state index in [0.717, 1.165) is 11.8 Å². The van der Waals surface area contributed by atoms with E-state index in [1.807, 2.05) is 0 Å². The Morgan fingerprint density at radius 3 is 1.40 bits per heavy atom. The van der Waals surface area contributed by atoms with Crippen molar-refractivity contribution in [2.75, 3.05) is 37.7 Å². The van der Waals surface area contributed by atoms with Crippen LogP contribution in [0.15, 0.2) is 72.8 Å². The molecule has 688 valence electrons. The van der Waals surface area contributed by atoms with Crippen molar-refractivity contribution in [3.05, 3.63) is 123 Å². The number of likely N-dealkylation sites (tertiary alicyclic amines) is 1. The second-order valence-electron chi connectivity index (χ2n) is 29.0. The average Bonchev–Trinajstić information content (AvgIpc) is 1.67. The summed E-state index contributed by atoms with van der Waals surface area (Å²) in [5.74, 6) is -22.9. The third kappa shape index (κ3) is 41.6. The van der Waals surface area contributed by atoms with Crippen molar-refractivity contribution in [3.8, 4) is 11.5 Å². The molecule has 0 saturated carbocycles. The Hall–Kier alpha value is -7.37. The van der Waals surface area contributed by atoms with E-state index >= 15 is 4.79 Å². The van der Waals surface area contributed by atoms with Crippen LogP contribution in [0.25, 0.3) is 0 Å². The summed E-state index contributed by atoms with van der Waals surface area (Å²) in [6.07, 6.45) is -5.04. The van der Waals surface area contributed by atoms with Gasteiger partial charge < -0.3 is 162 Å². The maximum atomic E-state index is 15.1. The van der Waals surface area contributed by atoms with Gasteiger partial charge in [-0.1, -0.05) is 97.8 Å². The number of phenols is 2. The second-order valence-corrected chi connectivity index (χ2v) is 31.6. The molecule has 3 aromatic carbocycles. The molecule has 13 atom stereocenters. The van der Waals surface area contributed by atoms with Crippen LogP contribution in [0.1, 0.15) is 95.4 Å². The van der Waals surface area contributed by atoms with Gasteiger partial charge in [-0.15, -0.1) is 0 Å². The van der Waals surface area contributed by atoms with E-state index in [4.69, 9.17) is 0 Å². The van der Waals surface area contributed by atoms with Crippen molar-refractivity contribution in [3.63, 3.8) is 0 Å². The first-order valence-corrected chi connectivity index (χ1v) is 40.3. The number of phenolic OH excluding ortho intramolecular Hbond substituents is 2. The summed E-state index contributed by atoms with van der Waals surface area (Å²) in [6, 6.07) is -3.51. The van der Waals surface area contributed by atoms with Gasteiger partial charge in [0.25, 0.3) is 0 Å². The van der Waals surface area contributed by atoms with Gasteiger partial charge in [0, 0.05) is 217 Å². The molecule has 2 aliphatic rings. The topological polar surface area (TPSA) is 621 Å². The van der Waals surface area contributed by atoms with Gasteiger partial charge in [-0.3, -0.25) is 71.9 Å². The van der Waals surface area contributed by atoms with Gasteiger partial charge in [0.2, 0.25) is 76.8 Å². The number of carbonyl (C=O) groups excluding carboxylic acids is 17. The summed E-state index contributed by atoms with van der Waals surface area (Å²) in [5, 5.41) is 90.5. The number of hydrogen-bond acceptors (Lipinski definition) is 24. The van der Waals surface area contributed by atoms with Gasteiger partial charge in [-0.05, 0) is 91.0 Å². The quantitative estimate of drug-likeness (QED) is 0.0196. The van der Waals surface area contributed by atoms with E-state index in [9.17, 15) is 112 Å². The minimum atomic E-state index is -2.13. The van der Waals surface area contributed by atoms with Crippen LogP contribution in [-0.2, 0) is 117 Å². The second kappa shape index (κ2) is 58.2. The van der Waals surface area contributed by atoms with Crippen LogP contribution in [0.5, 0.6) is 11.5 Å². The molecule has 21 N–H and O–H groups in total. The monoisotopic (exact) mass is 2350 g/mol. The Balaban J connectivity index is 0.0000192. The third-order valence-electron chi connectivity index (χ3n) is 18.1. The van der Waals surface area contributed by atoms with E-state index in [1.54, 1.807) is 52.0 Å². The van der Waals surface area contributed by atoms with E-state index < -0.39 is 247 Å². The molecular weight excluding hydrogens is 2240 g/mol. The first-order chi connectivity index (χ1) is 56.5. The number of aliphatic hydroxyl groups is 1.